The molecule has 0 amide bonds. The van der Waals surface area contributed by atoms with E-state index in [1.54, 1.807) is 41.8 Å². The number of β-amino-alcohol motifs (C(OH)–C–C–N with tert-alkyl or cyclic N) is 1. The third kappa shape index (κ3) is 4.52. The zero-order chi connectivity index (χ0) is 23.7. The number of pyridine rings is 3. The lowest BCUT2D eigenvalue weighted by molar-refractivity contribution is 0.0403. The number of nitrogens with zero attached hydrogens (tertiary/aromatic N) is 5. The number of aliphatic hydroxyl groups excluding tert-OH is 1. The zero-order valence-electron chi connectivity index (χ0n) is 18.9. The van der Waals surface area contributed by atoms with Gasteiger partial charge in [-0.1, -0.05) is 11.8 Å². The van der Waals surface area contributed by atoms with Crippen molar-refractivity contribution < 1.29 is 9.84 Å². The first-order chi connectivity index (χ1) is 16.5. The second-order valence-corrected chi connectivity index (χ2v) is 9.61. The predicted molar refractivity (Wildman–Crippen MR) is 129 cm³/mol. The van der Waals surface area contributed by atoms with Crippen LogP contribution < -0.4 is 15.6 Å². The molecule has 34 heavy (non-hydrogen) atoms. The molecule has 3 aromatic heterocycles. The van der Waals surface area contributed by atoms with Gasteiger partial charge < -0.3 is 24.6 Å². The van der Waals surface area contributed by atoms with E-state index < -0.39 is 6.10 Å². The van der Waals surface area contributed by atoms with Gasteiger partial charge in [0.15, 0.2) is 5.75 Å². The molecule has 2 atom stereocenters. The number of aliphatic hydroxyl groups is 1. The topological polar surface area (TPSA) is 116 Å². The molecule has 1 fully saturated rings. The molecule has 2 aliphatic heterocycles. The van der Waals surface area contributed by atoms with E-state index in [1.165, 1.54) is 6.07 Å². The van der Waals surface area contributed by atoms with Gasteiger partial charge in [-0.3, -0.25) is 14.8 Å². The standard InChI is InChI=1S/C24H26N6O3S/c1-29-23(32)3-2-19-24(29)17(15(9-25)10-27-19)4-6-30-7-5-18(20(31)13-30)28-11-16-8-22-21(12-26-16)33-14-34-22/h2-3,8,10,12,18,20,28,31H,4-7,11,13-14H2,1H3/t18?,20-/m1/s1. The SMILES string of the molecule is Cn1c(=O)ccc2ncc(C#N)c(CCN3CCC(NCc4cc5c(cn4)OCS5)[C@H](O)C3)c21. The Labute approximate surface area is 201 Å². The maximum atomic E-state index is 12.2. The van der Waals surface area contributed by atoms with E-state index >= 15 is 0 Å². The predicted octanol–water partition coefficient (Wildman–Crippen LogP) is 1.41. The molecule has 0 bridgehead atoms. The molecule has 0 radical (unpaired) electrons. The molecule has 0 spiro atoms. The van der Waals surface area contributed by atoms with Crippen molar-refractivity contribution in [2.24, 2.45) is 7.05 Å². The Morgan fingerprint density at radius 1 is 1.35 bits per heavy atom. The largest absolute Gasteiger partial charge is 0.480 e. The average molecular weight is 479 g/mol. The number of ether oxygens (including phenoxy) is 1. The minimum absolute atomic E-state index is 0.00699. The molecule has 2 N–H and O–H groups in total. The molecule has 1 saturated heterocycles. The highest BCUT2D eigenvalue weighted by Gasteiger charge is 2.28. The van der Waals surface area contributed by atoms with E-state index in [-0.39, 0.29) is 11.6 Å². The number of aryl methyl sites for hydroxylation is 1. The second-order valence-electron chi connectivity index (χ2n) is 8.65. The van der Waals surface area contributed by atoms with Gasteiger partial charge in [-0.25, -0.2) is 0 Å². The first-order valence-corrected chi connectivity index (χ1v) is 12.3. The van der Waals surface area contributed by atoms with Gasteiger partial charge in [0.05, 0.1) is 39.5 Å². The van der Waals surface area contributed by atoms with Crippen LogP contribution in [0.2, 0.25) is 0 Å². The minimum atomic E-state index is -0.505. The van der Waals surface area contributed by atoms with Gasteiger partial charge in [-0.15, -0.1) is 0 Å². The number of thioether (sulfide) groups is 1. The molecular weight excluding hydrogens is 452 g/mol. The lowest BCUT2D eigenvalue weighted by Crippen LogP contribution is -2.52. The Morgan fingerprint density at radius 3 is 3.06 bits per heavy atom. The normalized spacial score (nSPS) is 20.1. The number of aromatic nitrogens is 3. The quantitative estimate of drug-likeness (QED) is 0.542. The van der Waals surface area contributed by atoms with E-state index in [2.05, 4.69) is 26.3 Å². The van der Waals surface area contributed by atoms with Crippen LogP contribution in [0.3, 0.4) is 0 Å². The summed E-state index contributed by atoms with van der Waals surface area (Å²) >= 11 is 1.66. The third-order valence-corrected chi connectivity index (χ3v) is 7.43. The molecular formula is C24H26N6O3S. The summed E-state index contributed by atoms with van der Waals surface area (Å²) in [5.74, 6) is 1.47. The first-order valence-electron chi connectivity index (χ1n) is 11.3. The van der Waals surface area contributed by atoms with E-state index in [0.717, 1.165) is 34.9 Å². The summed E-state index contributed by atoms with van der Waals surface area (Å²) in [6, 6.07) is 7.44. The Kier molecular flexibility index (Phi) is 6.52. The highest BCUT2D eigenvalue weighted by atomic mass is 32.2. The van der Waals surface area contributed by atoms with Crippen LogP contribution in [0, 0.1) is 11.3 Å². The average Bonchev–Trinajstić information content (AvgIpc) is 3.32. The van der Waals surface area contributed by atoms with Crippen molar-refractivity contribution in [1.29, 1.82) is 5.26 Å². The minimum Gasteiger partial charge on any atom is -0.480 e. The van der Waals surface area contributed by atoms with Gasteiger partial charge in [0.2, 0.25) is 0 Å². The van der Waals surface area contributed by atoms with Crippen LogP contribution in [0.15, 0.2) is 40.3 Å². The molecule has 0 saturated carbocycles. The Bertz CT molecular complexity index is 1320. The second kappa shape index (κ2) is 9.72. The maximum absolute atomic E-state index is 12.2. The summed E-state index contributed by atoms with van der Waals surface area (Å²) in [5.41, 5.74) is 3.52. The van der Waals surface area contributed by atoms with Gasteiger partial charge in [-0.05, 0) is 37.1 Å². The van der Waals surface area contributed by atoms with Crippen molar-refractivity contribution in [3.63, 3.8) is 0 Å². The van der Waals surface area contributed by atoms with E-state index in [1.807, 2.05) is 6.07 Å². The smallest absolute Gasteiger partial charge is 0.250 e. The van der Waals surface area contributed by atoms with Gasteiger partial charge in [0.25, 0.3) is 5.56 Å². The number of nitrogens with one attached hydrogen (secondary N) is 1. The van der Waals surface area contributed by atoms with E-state index in [0.29, 0.717) is 48.6 Å². The van der Waals surface area contributed by atoms with Gasteiger partial charge in [0, 0.05) is 45.0 Å². The maximum Gasteiger partial charge on any atom is 0.250 e. The third-order valence-electron chi connectivity index (χ3n) is 6.56. The molecule has 0 aromatic carbocycles. The number of hydrogen-bond acceptors (Lipinski definition) is 9. The summed E-state index contributed by atoms with van der Waals surface area (Å²) in [7, 11) is 1.71. The van der Waals surface area contributed by atoms with Crippen molar-refractivity contribution >= 4 is 22.8 Å². The van der Waals surface area contributed by atoms with Crippen LogP contribution in [0.4, 0.5) is 0 Å². The monoisotopic (exact) mass is 478 g/mol. The number of piperidine rings is 1. The van der Waals surface area contributed by atoms with Crippen LogP contribution in [0.5, 0.6) is 5.75 Å². The molecule has 1 unspecified atom stereocenters. The zero-order valence-corrected chi connectivity index (χ0v) is 19.7. The lowest BCUT2D eigenvalue weighted by atomic mass is 10.00. The molecule has 0 aliphatic carbocycles. The number of hydrogen-bond donors (Lipinski definition) is 2. The van der Waals surface area contributed by atoms with Crippen LogP contribution in [-0.4, -0.2) is 62.3 Å². The molecule has 3 aromatic rings. The molecule has 10 heteroatoms. The van der Waals surface area contributed by atoms with Crippen molar-refractivity contribution in [3.8, 4) is 11.8 Å². The van der Waals surface area contributed by atoms with Crippen LogP contribution >= 0.6 is 11.8 Å². The van der Waals surface area contributed by atoms with Crippen molar-refractivity contribution in [3.05, 3.63) is 57.8 Å². The summed E-state index contributed by atoms with van der Waals surface area (Å²) in [4.78, 5) is 24.3. The Hall–Kier alpha value is -2.97. The summed E-state index contributed by atoms with van der Waals surface area (Å²) in [6.45, 7) is 2.66. The molecule has 5 heterocycles. The molecule has 176 valence electrons. The van der Waals surface area contributed by atoms with Crippen molar-refractivity contribution in [1.82, 2.24) is 24.8 Å². The summed E-state index contributed by atoms with van der Waals surface area (Å²) in [5, 5.41) is 23.8. The number of likely N-dealkylation sites (tertiary alicyclic amines) is 1. The molecule has 5 rings (SSSR count). The number of fused-ring (bicyclic) bond motifs is 2. The first kappa shape index (κ1) is 22.8. The van der Waals surface area contributed by atoms with Crippen molar-refractivity contribution in [2.75, 3.05) is 25.6 Å². The van der Waals surface area contributed by atoms with Gasteiger partial charge in [-0.2, -0.15) is 5.26 Å². The van der Waals surface area contributed by atoms with E-state index in [9.17, 15) is 15.2 Å². The fourth-order valence-electron chi connectivity index (χ4n) is 4.66. The van der Waals surface area contributed by atoms with Crippen LogP contribution in [0.25, 0.3) is 11.0 Å². The highest BCUT2D eigenvalue weighted by molar-refractivity contribution is 7.99. The molecule has 2 aliphatic rings. The summed E-state index contributed by atoms with van der Waals surface area (Å²) < 4.78 is 7.04. The molecule has 9 nitrogen and oxygen atoms in total. The van der Waals surface area contributed by atoms with Gasteiger partial charge in [0.1, 0.15) is 12.0 Å². The lowest BCUT2D eigenvalue weighted by Gasteiger charge is -2.36. The fraction of sp³-hybridized carbons (Fsp3) is 0.417. The number of nitriles is 1. The number of rotatable bonds is 6. The highest BCUT2D eigenvalue weighted by Crippen LogP contribution is 2.35. The van der Waals surface area contributed by atoms with Gasteiger partial charge >= 0.3 is 0 Å². The Morgan fingerprint density at radius 2 is 2.24 bits per heavy atom. The van der Waals surface area contributed by atoms with E-state index in [4.69, 9.17) is 4.74 Å². The van der Waals surface area contributed by atoms with Crippen LogP contribution in [-0.2, 0) is 20.0 Å². The fourth-order valence-corrected chi connectivity index (χ4v) is 5.44. The summed E-state index contributed by atoms with van der Waals surface area (Å²) in [6.07, 6.45) is 4.24. The Balaban J connectivity index is 1.21. The van der Waals surface area contributed by atoms with Crippen molar-refractivity contribution in [2.45, 2.75) is 36.4 Å². The van der Waals surface area contributed by atoms with Crippen LogP contribution in [0.1, 0.15) is 23.2 Å².